The van der Waals surface area contributed by atoms with Crippen molar-refractivity contribution in [2.75, 3.05) is 12.9 Å². The predicted molar refractivity (Wildman–Crippen MR) is 99.4 cm³/mol. The van der Waals surface area contributed by atoms with Crippen LogP contribution in [-0.2, 0) is 4.79 Å². The van der Waals surface area contributed by atoms with Crippen molar-refractivity contribution in [3.8, 4) is 22.8 Å². The van der Waals surface area contributed by atoms with E-state index in [0.29, 0.717) is 17.3 Å². The molecule has 0 unspecified atom stereocenters. The molecular weight excluding hydrogens is 334 g/mol. The zero-order chi connectivity index (χ0) is 17.6. The molecule has 3 aromatic rings. The summed E-state index contributed by atoms with van der Waals surface area (Å²) in [6.45, 7) is 1.87. The number of para-hydroxylation sites is 1. The van der Waals surface area contributed by atoms with Gasteiger partial charge in [-0.2, -0.15) is 0 Å². The first kappa shape index (κ1) is 17.2. The lowest BCUT2D eigenvalue weighted by molar-refractivity contribution is -0.116. The summed E-state index contributed by atoms with van der Waals surface area (Å²) in [6.07, 6.45) is 0.526. The molecule has 2 aromatic carbocycles. The van der Waals surface area contributed by atoms with Gasteiger partial charge in [0.05, 0.1) is 12.9 Å². The van der Waals surface area contributed by atoms with Crippen molar-refractivity contribution in [1.82, 2.24) is 14.8 Å². The maximum atomic E-state index is 11.7. The molecule has 0 saturated carbocycles. The van der Waals surface area contributed by atoms with E-state index < -0.39 is 0 Å². The van der Waals surface area contributed by atoms with Crippen molar-refractivity contribution in [3.63, 3.8) is 0 Å². The minimum atomic E-state index is 0.193. The van der Waals surface area contributed by atoms with E-state index in [9.17, 15) is 4.79 Å². The van der Waals surface area contributed by atoms with Gasteiger partial charge in [-0.05, 0) is 36.4 Å². The third-order valence-electron chi connectivity index (χ3n) is 3.75. The molecule has 0 N–H and O–H groups in total. The summed E-state index contributed by atoms with van der Waals surface area (Å²) in [5.74, 6) is 2.11. The fraction of sp³-hybridized carbons (Fsp3) is 0.211. The zero-order valence-corrected chi connectivity index (χ0v) is 15.0. The van der Waals surface area contributed by atoms with Crippen molar-refractivity contribution >= 4 is 17.5 Å². The molecule has 6 heteroatoms. The third kappa shape index (κ3) is 3.91. The quantitative estimate of drug-likeness (QED) is 0.601. The number of nitrogens with zero attached hydrogens (tertiary/aromatic N) is 3. The third-order valence-corrected chi connectivity index (χ3v) is 4.74. The molecule has 0 amide bonds. The van der Waals surface area contributed by atoms with Crippen LogP contribution in [-0.4, -0.2) is 33.4 Å². The molecule has 0 radical (unpaired) electrons. The number of thioether (sulfide) groups is 1. The number of hydrogen-bond acceptors (Lipinski definition) is 5. The maximum Gasteiger partial charge on any atom is 0.196 e. The molecule has 0 atom stereocenters. The van der Waals surface area contributed by atoms with Crippen molar-refractivity contribution in [1.29, 1.82) is 0 Å². The molecule has 25 heavy (non-hydrogen) atoms. The lowest BCUT2D eigenvalue weighted by atomic mass is 10.2. The number of rotatable bonds is 7. The average molecular weight is 353 g/mol. The Bertz CT molecular complexity index is 845. The molecule has 0 fully saturated rings. The summed E-state index contributed by atoms with van der Waals surface area (Å²) in [5.41, 5.74) is 1.90. The number of aromatic nitrogens is 3. The van der Waals surface area contributed by atoms with E-state index in [4.69, 9.17) is 4.74 Å². The summed E-state index contributed by atoms with van der Waals surface area (Å²) < 4.78 is 7.20. The maximum absolute atomic E-state index is 11.7. The zero-order valence-electron chi connectivity index (χ0n) is 14.2. The van der Waals surface area contributed by atoms with Gasteiger partial charge in [0.25, 0.3) is 0 Å². The molecule has 1 heterocycles. The Morgan fingerprint density at radius 3 is 2.44 bits per heavy atom. The second-order valence-corrected chi connectivity index (χ2v) is 6.33. The lowest BCUT2D eigenvalue weighted by Gasteiger charge is -2.10. The highest BCUT2D eigenvalue weighted by Crippen LogP contribution is 2.29. The SMILES string of the molecule is CCC(=O)CSc1nnc(-c2ccc(OC)cc2)n1-c1ccccc1. The summed E-state index contributed by atoms with van der Waals surface area (Å²) in [7, 11) is 1.64. The number of ether oxygens (including phenoxy) is 1. The van der Waals surface area contributed by atoms with Crippen molar-refractivity contribution in [2.45, 2.75) is 18.5 Å². The van der Waals surface area contributed by atoms with Gasteiger partial charge < -0.3 is 4.74 Å². The smallest absolute Gasteiger partial charge is 0.196 e. The second-order valence-electron chi connectivity index (χ2n) is 5.39. The summed E-state index contributed by atoms with van der Waals surface area (Å²) in [5, 5.41) is 9.38. The number of Topliss-reactive ketones (excluding diaryl/α,β-unsaturated/α-hetero) is 1. The first-order valence-corrected chi connectivity index (χ1v) is 9.01. The second kappa shape index (κ2) is 7.98. The lowest BCUT2D eigenvalue weighted by Crippen LogP contribution is -2.03. The Hall–Kier alpha value is -2.60. The van der Waals surface area contributed by atoms with E-state index in [1.54, 1.807) is 7.11 Å². The highest BCUT2D eigenvalue weighted by molar-refractivity contribution is 7.99. The van der Waals surface area contributed by atoms with Gasteiger partial charge >= 0.3 is 0 Å². The van der Waals surface area contributed by atoms with E-state index in [2.05, 4.69) is 10.2 Å². The molecule has 0 aliphatic carbocycles. The Labute approximate surface area is 151 Å². The minimum absolute atomic E-state index is 0.193. The monoisotopic (exact) mass is 353 g/mol. The van der Waals surface area contributed by atoms with Gasteiger partial charge in [0.2, 0.25) is 0 Å². The molecule has 0 aliphatic rings. The van der Waals surface area contributed by atoms with Crippen LogP contribution in [0.1, 0.15) is 13.3 Å². The molecule has 1 aromatic heterocycles. The highest BCUT2D eigenvalue weighted by atomic mass is 32.2. The van der Waals surface area contributed by atoms with Gasteiger partial charge in [-0.3, -0.25) is 9.36 Å². The molecule has 0 saturated heterocycles. The van der Waals surface area contributed by atoms with E-state index in [1.165, 1.54) is 11.8 Å². The molecule has 3 rings (SSSR count). The molecular formula is C19H19N3O2S. The number of carbonyl (C=O) groups is 1. The summed E-state index contributed by atoms with van der Waals surface area (Å²) >= 11 is 1.41. The van der Waals surface area contributed by atoms with Crippen LogP contribution < -0.4 is 4.74 Å². The van der Waals surface area contributed by atoms with E-state index in [0.717, 1.165) is 22.8 Å². The van der Waals surface area contributed by atoms with Crippen LogP contribution in [0.2, 0.25) is 0 Å². The van der Waals surface area contributed by atoms with Crippen LogP contribution >= 0.6 is 11.8 Å². The summed E-state index contributed by atoms with van der Waals surface area (Å²) in [4.78, 5) is 11.7. The van der Waals surface area contributed by atoms with Gasteiger partial charge in [-0.25, -0.2) is 0 Å². The number of carbonyl (C=O) groups excluding carboxylic acids is 1. The van der Waals surface area contributed by atoms with Gasteiger partial charge in [-0.1, -0.05) is 36.9 Å². The number of ketones is 1. The fourth-order valence-electron chi connectivity index (χ4n) is 2.35. The largest absolute Gasteiger partial charge is 0.497 e. The molecule has 0 bridgehead atoms. The molecule has 0 aliphatic heterocycles. The van der Waals surface area contributed by atoms with Crippen LogP contribution in [0.15, 0.2) is 59.8 Å². The topological polar surface area (TPSA) is 57.0 Å². The number of hydrogen-bond donors (Lipinski definition) is 0. The van der Waals surface area contributed by atoms with Crippen LogP contribution in [0, 0.1) is 0 Å². The molecule has 0 spiro atoms. The number of methoxy groups -OCH3 is 1. The first-order valence-electron chi connectivity index (χ1n) is 8.02. The standard InChI is InChI=1S/C19H19N3O2S/c1-3-16(23)13-25-19-21-20-18(14-9-11-17(24-2)12-10-14)22(19)15-7-5-4-6-8-15/h4-12H,3,13H2,1-2H3. The number of benzene rings is 2. The van der Waals surface area contributed by atoms with Gasteiger partial charge in [0, 0.05) is 17.7 Å². The van der Waals surface area contributed by atoms with Gasteiger partial charge in [0.15, 0.2) is 11.0 Å². The van der Waals surface area contributed by atoms with Gasteiger partial charge in [0.1, 0.15) is 11.5 Å². The minimum Gasteiger partial charge on any atom is -0.497 e. The van der Waals surface area contributed by atoms with E-state index in [-0.39, 0.29) is 5.78 Å². The Morgan fingerprint density at radius 2 is 1.80 bits per heavy atom. The normalized spacial score (nSPS) is 10.6. The average Bonchev–Trinajstić information content (AvgIpc) is 3.10. The summed E-state index contributed by atoms with van der Waals surface area (Å²) in [6, 6.07) is 17.6. The predicted octanol–water partition coefficient (Wildman–Crippen LogP) is 4.01. The highest BCUT2D eigenvalue weighted by Gasteiger charge is 2.16. The van der Waals surface area contributed by atoms with Crippen molar-refractivity contribution in [3.05, 3.63) is 54.6 Å². The Kier molecular flexibility index (Phi) is 5.50. The van der Waals surface area contributed by atoms with Crippen molar-refractivity contribution in [2.24, 2.45) is 0 Å². The van der Waals surface area contributed by atoms with Crippen LogP contribution in [0.5, 0.6) is 5.75 Å². The van der Waals surface area contributed by atoms with Crippen LogP contribution in [0.4, 0.5) is 0 Å². The first-order chi connectivity index (χ1) is 12.2. The molecule has 128 valence electrons. The van der Waals surface area contributed by atoms with Crippen molar-refractivity contribution < 1.29 is 9.53 Å². The Balaban J connectivity index is 2.02. The Morgan fingerprint density at radius 1 is 1.08 bits per heavy atom. The fourth-order valence-corrected chi connectivity index (χ4v) is 3.26. The van der Waals surface area contributed by atoms with Crippen LogP contribution in [0.25, 0.3) is 17.1 Å². The van der Waals surface area contributed by atoms with E-state index >= 15 is 0 Å². The molecule has 5 nitrogen and oxygen atoms in total. The van der Waals surface area contributed by atoms with Gasteiger partial charge in [-0.15, -0.1) is 10.2 Å². The van der Waals surface area contributed by atoms with Crippen LogP contribution in [0.3, 0.4) is 0 Å². The van der Waals surface area contributed by atoms with E-state index in [1.807, 2.05) is 66.1 Å².